The molecule has 0 spiro atoms. The Morgan fingerprint density at radius 3 is 2.35 bits per heavy atom. The number of hydrogen-bond acceptors (Lipinski definition) is 7. The third-order valence-electron chi connectivity index (χ3n) is 7.84. The Morgan fingerprint density at radius 1 is 0.824 bits per heavy atom. The first-order chi connectivity index (χ1) is 24.9. The molecule has 0 aliphatic carbocycles. The average molecular weight is 713 g/mol. The van der Waals surface area contributed by atoms with E-state index in [1.165, 1.54) is 23.1 Å². The molecule has 6 aromatic rings. The number of thiazole rings is 1. The van der Waals surface area contributed by atoms with Crippen LogP contribution in [0.3, 0.4) is 0 Å². The Bertz CT molecular complexity index is 2180. The first-order valence-electron chi connectivity index (χ1n) is 16.5. The van der Waals surface area contributed by atoms with Crippen molar-refractivity contribution < 1.29 is 19.1 Å². The van der Waals surface area contributed by atoms with Crippen LogP contribution in [0.15, 0.2) is 137 Å². The second kappa shape index (κ2) is 16.8. The number of nitrogens with one attached hydrogen (secondary N) is 3. The van der Waals surface area contributed by atoms with Gasteiger partial charge in [0.05, 0.1) is 17.6 Å². The lowest BCUT2D eigenvalue weighted by Crippen LogP contribution is -2.30. The highest BCUT2D eigenvalue weighted by Gasteiger charge is 2.21. The van der Waals surface area contributed by atoms with Crippen molar-refractivity contribution in [3.8, 4) is 17.0 Å². The van der Waals surface area contributed by atoms with Crippen molar-refractivity contribution in [3.63, 3.8) is 0 Å². The minimum atomic E-state index is -0.494. The van der Waals surface area contributed by atoms with Crippen molar-refractivity contribution in [2.24, 2.45) is 0 Å². The van der Waals surface area contributed by atoms with E-state index in [4.69, 9.17) is 4.74 Å². The molecule has 0 aliphatic heterocycles. The predicted octanol–water partition coefficient (Wildman–Crippen LogP) is 9.28. The monoisotopic (exact) mass is 712 g/mol. The number of aromatic nitrogens is 1. The van der Waals surface area contributed by atoms with Gasteiger partial charge in [0.15, 0.2) is 5.13 Å². The number of anilines is 2. The van der Waals surface area contributed by atoms with Crippen molar-refractivity contribution >= 4 is 68.5 Å². The van der Waals surface area contributed by atoms with Crippen LogP contribution in [0.5, 0.6) is 5.75 Å². The van der Waals surface area contributed by atoms with Crippen LogP contribution < -0.4 is 20.7 Å². The minimum absolute atomic E-state index is 0.0726. The van der Waals surface area contributed by atoms with Crippen molar-refractivity contribution in [2.45, 2.75) is 30.4 Å². The number of benzene rings is 5. The molecule has 256 valence electrons. The Kier molecular flexibility index (Phi) is 11.6. The molecule has 0 saturated carbocycles. The average Bonchev–Trinajstić information content (AvgIpc) is 3.63. The topological polar surface area (TPSA) is 109 Å². The van der Waals surface area contributed by atoms with E-state index in [0.717, 1.165) is 26.9 Å². The third-order valence-corrected chi connectivity index (χ3v) is 9.96. The van der Waals surface area contributed by atoms with E-state index in [1.54, 1.807) is 36.4 Å². The Balaban J connectivity index is 1.13. The van der Waals surface area contributed by atoms with Crippen molar-refractivity contribution in [3.05, 3.63) is 144 Å². The molecular formula is C41H36N4O4S2. The van der Waals surface area contributed by atoms with E-state index < -0.39 is 17.1 Å². The third kappa shape index (κ3) is 9.30. The molecule has 1 aromatic heterocycles. The van der Waals surface area contributed by atoms with Crippen LogP contribution in [0.25, 0.3) is 28.1 Å². The lowest BCUT2D eigenvalue weighted by Gasteiger charge is -2.15. The quantitative estimate of drug-likeness (QED) is 0.0814. The van der Waals surface area contributed by atoms with Crippen LogP contribution in [0.2, 0.25) is 0 Å². The number of thioether (sulfide) groups is 1. The maximum Gasteiger partial charge on any atom is 0.272 e. The summed E-state index contributed by atoms with van der Waals surface area (Å²) in [5, 5.41) is 13.0. The summed E-state index contributed by atoms with van der Waals surface area (Å²) < 4.78 is 5.54. The maximum absolute atomic E-state index is 13.6. The van der Waals surface area contributed by atoms with Crippen LogP contribution >= 0.6 is 23.1 Å². The zero-order valence-corrected chi connectivity index (χ0v) is 29.7. The van der Waals surface area contributed by atoms with Gasteiger partial charge in [-0.2, -0.15) is 0 Å². The highest BCUT2D eigenvalue weighted by molar-refractivity contribution is 8.00. The van der Waals surface area contributed by atoms with E-state index in [-0.39, 0.29) is 11.6 Å². The molecule has 3 N–H and O–H groups in total. The summed E-state index contributed by atoms with van der Waals surface area (Å²) in [5.74, 6) is -0.347. The van der Waals surface area contributed by atoms with Gasteiger partial charge in [0.2, 0.25) is 5.91 Å². The van der Waals surface area contributed by atoms with Gasteiger partial charge in [-0.25, -0.2) is 4.98 Å². The van der Waals surface area contributed by atoms with Crippen molar-refractivity contribution in [1.29, 1.82) is 0 Å². The van der Waals surface area contributed by atoms with E-state index in [0.29, 0.717) is 40.7 Å². The highest BCUT2D eigenvalue weighted by Crippen LogP contribution is 2.31. The molecule has 1 atom stereocenters. The number of carbonyl (C=O) groups excluding carboxylic acids is 3. The number of nitrogens with zero attached hydrogens (tertiary/aromatic N) is 1. The lowest BCUT2D eigenvalue weighted by atomic mass is 10.1. The number of ether oxygens (including phenoxy) is 1. The number of carbonyl (C=O) groups is 3. The predicted molar refractivity (Wildman–Crippen MR) is 208 cm³/mol. The first kappa shape index (κ1) is 35.1. The summed E-state index contributed by atoms with van der Waals surface area (Å²) >= 11 is 2.79. The molecule has 10 heteroatoms. The molecule has 1 unspecified atom stereocenters. The molecular weight excluding hydrogens is 677 g/mol. The molecule has 3 amide bonds. The smallest absolute Gasteiger partial charge is 0.272 e. The Hall–Kier alpha value is -5.71. The molecule has 51 heavy (non-hydrogen) atoms. The van der Waals surface area contributed by atoms with Gasteiger partial charge in [-0.1, -0.05) is 79.7 Å². The van der Waals surface area contributed by atoms with Crippen LogP contribution in [0, 0.1) is 0 Å². The summed E-state index contributed by atoms with van der Waals surface area (Å²) in [5.41, 5.74) is 3.52. The second-order valence-electron chi connectivity index (χ2n) is 11.5. The molecule has 5 aromatic carbocycles. The largest absolute Gasteiger partial charge is 0.494 e. The van der Waals surface area contributed by atoms with Crippen molar-refractivity contribution in [2.75, 3.05) is 17.2 Å². The second-order valence-corrected chi connectivity index (χ2v) is 13.6. The van der Waals surface area contributed by atoms with Gasteiger partial charge in [-0.05, 0) is 84.3 Å². The summed E-state index contributed by atoms with van der Waals surface area (Å²) in [6.07, 6.45) is 2.20. The molecule has 1 heterocycles. The summed E-state index contributed by atoms with van der Waals surface area (Å²) in [6.45, 7) is 4.40. The maximum atomic E-state index is 13.6. The van der Waals surface area contributed by atoms with Gasteiger partial charge in [-0.15, -0.1) is 23.1 Å². The number of rotatable bonds is 13. The SMILES string of the molecule is CCOc1ccc(/C=C(/NC(=O)c2ccccc2)C(=O)Nc2cccc(SC(CC)C(=O)Nc3nc(-c4ccc5ccccc5c4)cs3)c2)cc1. The van der Waals surface area contributed by atoms with Gasteiger partial charge in [0, 0.05) is 27.1 Å². The van der Waals surface area contributed by atoms with Gasteiger partial charge in [-0.3, -0.25) is 14.4 Å². The number of hydrogen-bond donors (Lipinski definition) is 3. The first-order valence-corrected chi connectivity index (χ1v) is 18.3. The molecule has 6 rings (SSSR count). The normalized spacial score (nSPS) is 11.8. The number of amides is 3. The van der Waals surface area contributed by atoms with Crippen LogP contribution in [-0.2, 0) is 9.59 Å². The van der Waals surface area contributed by atoms with Crippen LogP contribution in [-0.4, -0.2) is 34.6 Å². The van der Waals surface area contributed by atoms with E-state index >= 15 is 0 Å². The van der Waals surface area contributed by atoms with Crippen molar-refractivity contribution in [1.82, 2.24) is 10.3 Å². The minimum Gasteiger partial charge on any atom is -0.494 e. The zero-order valence-electron chi connectivity index (χ0n) is 28.1. The van der Waals surface area contributed by atoms with E-state index in [1.807, 2.05) is 86.0 Å². The molecule has 8 nitrogen and oxygen atoms in total. The Labute approximate surface area is 305 Å². The van der Waals surface area contributed by atoms with Crippen LogP contribution in [0.4, 0.5) is 10.8 Å². The molecule has 0 fully saturated rings. The fourth-order valence-electron chi connectivity index (χ4n) is 5.27. The summed E-state index contributed by atoms with van der Waals surface area (Å²) in [4.78, 5) is 45.6. The molecule has 0 radical (unpaired) electrons. The van der Waals surface area contributed by atoms with E-state index in [2.05, 4.69) is 45.2 Å². The highest BCUT2D eigenvalue weighted by atomic mass is 32.2. The Morgan fingerprint density at radius 2 is 1.59 bits per heavy atom. The van der Waals surface area contributed by atoms with Gasteiger partial charge >= 0.3 is 0 Å². The molecule has 0 saturated heterocycles. The zero-order chi connectivity index (χ0) is 35.6. The van der Waals surface area contributed by atoms with Crippen LogP contribution in [0.1, 0.15) is 36.2 Å². The summed E-state index contributed by atoms with van der Waals surface area (Å²) in [6, 6.07) is 37.6. The van der Waals surface area contributed by atoms with Gasteiger partial charge < -0.3 is 20.7 Å². The fourth-order valence-corrected chi connectivity index (χ4v) is 7.00. The summed E-state index contributed by atoms with van der Waals surface area (Å²) in [7, 11) is 0. The fraction of sp³-hybridized carbons (Fsp3) is 0.122. The standard InChI is InChI=1S/C41H36N4O4S2/c1-3-37(40(48)45-41-44-36(26-50-41)31-20-19-28-11-8-9-14-30(28)24-31)51-34-16-10-15-32(25-34)42-39(47)35(43-38(46)29-12-6-5-7-13-29)23-27-17-21-33(22-18-27)49-4-2/h5-26,37H,3-4H2,1-2H3,(H,42,47)(H,43,46)(H,44,45,48)/b35-23+. The number of fused-ring (bicyclic) bond motifs is 1. The molecule has 0 bridgehead atoms. The van der Waals surface area contributed by atoms with Gasteiger partial charge in [0.25, 0.3) is 11.8 Å². The van der Waals surface area contributed by atoms with E-state index in [9.17, 15) is 14.4 Å². The lowest BCUT2D eigenvalue weighted by molar-refractivity contribution is -0.116. The van der Waals surface area contributed by atoms with Gasteiger partial charge in [0.1, 0.15) is 11.4 Å². The molecule has 0 aliphatic rings.